The molecule has 1 aliphatic rings. The fourth-order valence-corrected chi connectivity index (χ4v) is 2.14. The molecule has 1 aromatic rings. The monoisotopic (exact) mass is 294 g/mol. The van der Waals surface area contributed by atoms with Gasteiger partial charge < -0.3 is 10.6 Å². The number of nitrogens with zero attached hydrogens (tertiary/aromatic N) is 1. The Hall–Kier alpha value is -2.35. The Labute approximate surface area is 118 Å². The van der Waals surface area contributed by atoms with E-state index in [1.807, 2.05) is 0 Å². The van der Waals surface area contributed by atoms with Crippen molar-refractivity contribution >= 4 is 35.5 Å². The Morgan fingerprint density at radius 3 is 2.15 bits per heavy atom. The van der Waals surface area contributed by atoms with Crippen molar-refractivity contribution in [1.82, 2.24) is 5.06 Å². The van der Waals surface area contributed by atoms with Crippen molar-refractivity contribution in [3.05, 3.63) is 35.4 Å². The van der Waals surface area contributed by atoms with Crippen molar-refractivity contribution < 1.29 is 24.0 Å². The van der Waals surface area contributed by atoms with Gasteiger partial charge in [-0.1, -0.05) is 17.2 Å². The van der Waals surface area contributed by atoms with Gasteiger partial charge in [0, 0.05) is 0 Å². The number of hydrogen-bond donors (Lipinski definition) is 1. The second-order valence-corrected chi connectivity index (χ2v) is 4.86. The molecule has 0 radical (unpaired) electrons. The first-order chi connectivity index (χ1) is 9.50. The zero-order valence-electron chi connectivity index (χ0n) is 10.2. The molecule has 7 nitrogen and oxygen atoms in total. The van der Waals surface area contributed by atoms with E-state index in [-0.39, 0.29) is 22.6 Å². The lowest BCUT2D eigenvalue weighted by Crippen LogP contribution is -2.33. The highest BCUT2D eigenvalue weighted by molar-refractivity contribution is 8.00. The van der Waals surface area contributed by atoms with Crippen LogP contribution < -0.4 is 5.73 Å². The maximum atomic E-state index is 11.9. The van der Waals surface area contributed by atoms with Gasteiger partial charge in [-0.15, -0.1) is 11.8 Å². The van der Waals surface area contributed by atoms with Gasteiger partial charge in [0.2, 0.25) is 5.91 Å². The Morgan fingerprint density at radius 2 is 1.65 bits per heavy atom. The third-order valence-electron chi connectivity index (χ3n) is 2.41. The van der Waals surface area contributed by atoms with E-state index >= 15 is 0 Å². The maximum absolute atomic E-state index is 11.9. The summed E-state index contributed by atoms with van der Waals surface area (Å²) >= 11 is 0.941. The summed E-state index contributed by atoms with van der Waals surface area (Å²) in [5, 5.41) is 0.428. The van der Waals surface area contributed by atoms with E-state index in [2.05, 4.69) is 0 Å². The normalized spacial score (nSPS) is 13.3. The van der Waals surface area contributed by atoms with Gasteiger partial charge in [-0.3, -0.25) is 14.4 Å². The van der Waals surface area contributed by atoms with E-state index in [0.29, 0.717) is 5.06 Å². The van der Waals surface area contributed by atoms with Crippen LogP contribution in [0.25, 0.3) is 0 Å². The van der Waals surface area contributed by atoms with Crippen LogP contribution in [0, 0.1) is 0 Å². The highest BCUT2D eigenvalue weighted by atomic mass is 32.2. The Bertz CT molecular complexity index is 566. The molecule has 0 atom stereocenters. The minimum atomic E-state index is -0.800. The molecular weight excluding hydrogens is 284 g/mol. The molecule has 2 N–H and O–H groups in total. The van der Waals surface area contributed by atoms with Crippen LogP contribution in [0.1, 0.15) is 20.7 Å². The first-order valence-electron chi connectivity index (χ1n) is 5.55. The smallest absolute Gasteiger partial charge is 0.343 e. The van der Waals surface area contributed by atoms with Crippen molar-refractivity contribution in [3.8, 4) is 0 Å². The van der Waals surface area contributed by atoms with Gasteiger partial charge in [-0.2, -0.15) is 0 Å². The van der Waals surface area contributed by atoms with Gasteiger partial charge in [0.05, 0.1) is 22.6 Å². The average molecular weight is 294 g/mol. The topological polar surface area (TPSA) is 107 Å². The molecular formula is C12H10N2O5S. The van der Waals surface area contributed by atoms with E-state index in [4.69, 9.17) is 10.6 Å². The summed E-state index contributed by atoms with van der Waals surface area (Å²) in [5.74, 6) is -2.96. The number of nitrogens with two attached hydrogens (primary N) is 1. The Kier molecular flexibility index (Phi) is 4.04. The molecule has 0 spiro atoms. The summed E-state index contributed by atoms with van der Waals surface area (Å²) in [7, 11) is 0. The molecule has 1 heterocycles. The quantitative estimate of drug-likeness (QED) is 0.764. The molecule has 0 saturated heterocycles. The van der Waals surface area contributed by atoms with E-state index in [0.717, 1.165) is 11.8 Å². The minimum Gasteiger partial charge on any atom is -0.369 e. The molecule has 1 aliphatic heterocycles. The predicted molar refractivity (Wildman–Crippen MR) is 69.6 cm³/mol. The van der Waals surface area contributed by atoms with Crippen LogP contribution >= 0.6 is 11.8 Å². The second kappa shape index (κ2) is 5.74. The van der Waals surface area contributed by atoms with Crippen LogP contribution in [0.2, 0.25) is 0 Å². The summed E-state index contributed by atoms with van der Waals surface area (Å²) in [6, 6.07) is 6.17. The zero-order chi connectivity index (χ0) is 14.7. The third kappa shape index (κ3) is 2.80. The number of rotatable bonds is 5. The van der Waals surface area contributed by atoms with Crippen molar-refractivity contribution in [3.63, 3.8) is 0 Å². The van der Waals surface area contributed by atoms with Gasteiger partial charge in [-0.25, -0.2) is 4.79 Å². The van der Waals surface area contributed by atoms with Crippen molar-refractivity contribution in [2.75, 3.05) is 11.5 Å². The first kappa shape index (κ1) is 14.1. The summed E-state index contributed by atoms with van der Waals surface area (Å²) < 4.78 is 0. The predicted octanol–water partition coefficient (Wildman–Crippen LogP) is -0.0407. The SMILES string of the molecule is NC(=O)CSCC(=O)ON1C(=O)c2ccccc2C1=O. The zero-order valence-corrected chi connectivity index (χ0v) is 11.0. The van der Waals surface area contributed by atoms with Crippen LogP contribution in [-0.2, 0) is 14.4 Å². The number of hydroxylamine groups is 2. The molecule has 0 aliphatic carbocycles. The third-order valence-corrected chi connectivity index (χ3v) is 3.34. The van der Waals surface area contributed by atoms with Crippen LogP contribution in [0.5, 0.6) is 0 Å². The lowest BCUT2D eigenvalue weighted by atomic mass is 10.1. The molecule has 0 fully saturated rings. The number of fused-ring (bicyclic) bond motifs is 1. The highest BCUT2D eigenvalue weighted by Crippen LogP contribution is 2.22. The number of primary amides is 1. The molecule has 8 heteroatoms. The molecule has 1 aromatic carbocycles. The fourth-order valence-electron chi connectivity index (χ4n) is 1.61. The molecule has 0 saturated carbocycles. The summed E-state index contributed by atoms with van der Waals surface area (Å²) in [4.78, 5) is 50.5. The van der Waals surface area contributed by atoms with Gasteiger partial charge >= 0.3 is 5.97 Å². The number of imide groups is 1. The van der Waals surface area contributed by atoms with E-state index in [1.165, 1.54) is 12.1 Å². The van der Waals surface area contributed by atoms with E-state index in [1.54, 1.807) is 12.1 Å². The number of carbonyl (C=O) groups excluding carboxylic acids is 4. The van der Waals surface area contributed by atoms with Gasteiger partial charge in [-0.05, 0) is 12.1 Å². The summed E-state index contributed by atoms with van der Waals surface area (Å²) in [6.45, 7) is 0. The standard InChI is InChI=1S/C12H10N2O5S/c13-9(15)5-20-6-10(16)19-14-11(17)7-3-1-2-4-8(7)12(14)18/h1-4H,5-6H2,(H2,13,15). The number of amides is 3. The van der Waals surface area contributed by atoms with Crippen molar-refractivity contribution in [2.24, 2.45) is 5.73 Å². The lowest BCUT2D eigenvalue weighted by Gasteiger charge is -2.12. The van der Waals surface area contributed by atoms with Crippen LogP contribution in [0.15, 0.2) is 24.3 Å². The van der Waals surface area contributed by atoms with E-state index in [9.17, 15) is 19.2 Å². The first-order valence-corrected chi connectivity index (χ1v) is 6.71. The number of hydrogen-bond acceptors (Lipinski definition) is 6. The van der Waals surface area contributed by atoms with Crippen LogP contribution in [0.4, 0.5) is 0 Å². The Balaban J connectivity index is 1.98. The summed E-state index contributed by atoms with van der Waals surface area (Å²) in [5.41, 5.74) is 5.29. The molecule has 3 amide bonds. The molecule has 104 valence electrons. The maximum Gasteiger partial charge on any atom is 0.343 e. The molecule has 0 bridgehead atoms. The lowest BCUT2D eigenvalue weighted by molar-refractivity contribution is -0.165. The fraction of sp³-hybridized carbons (Fsp3) is 0.167. The van der Waals surface area contributed by atoms with Gasteiger partial charge in [0.15, 0.2) is 0 Å². The molecule has 2 rings (SSSR count). The number of carbonyl (C=O) groups is 4. The van der Waals surface area contributed by atoms with Gasteiger partial charge in [0.25, 0.3) is 11.8 Å². The van der Waals surface area contributed by atoms with E-state index < -0.39 is 23.7 Å². The Morgan fingerprint density at radius 1 is 1.10 bits per heavy atom. The number of benzene rings is 1. The van der Waals surface area contributed by atoms with Crippen LogP contribution in [0.3, 0.4) is 0 Å². The molecule has 20 heavy (non-hydrogen) atoms. The number of thioether (sulfide) groups is 1. The largest absolute Gasteiger partial charge is 0.369 e. The van der Waals surface area contributed by atoms with Crippen molar-refractivity contribution in [2.45, 2.75) is 0 Å². The highest BCUT2D eigenvalue weighted by Gasteiger charge is 2.38. The second-order valence-electron chi connectivity index (χ2n) is 3.87. The van der Waals surface area contributed by atoms with Crippen molar-refractivity contribution in [1.29, 1.82) is 0 Å². The minimum absolute atomic E-state index is 0.0444. The molecule has 0 unspecified atom stereocenters. The molecule has 0 aromatic heterocycles. The van der Waals surface area contributed by atoms with Gasteiger partial charge in [0.1, 0.15) is 0 Å². The van der Waals surface area contributed by atoms with Crippen LogP contribution in [-0.4, -0.2) is 40.3 Å². The summed E-state index contributed by atoms with van der Waals surface area (Å²) in [6.07, 6.45) is 0. The average Bonchev–Trinajstić information content (AvgIpc) is 2.64.